The number of hydrogen-bond acceptors (Lipinski definition) is 2. The molecular weight excluding hydrogens is 560 g/mol. The zero-order valence-electron chi connectivity index (χ0n) is 25.0. The average molecular weight is 589 g/mol. The Labute approximate surface area is 266 Å². The van der Waals surface area contributed by atoms with Gasteiger partial charge in [0.15, 0.2) is 5.82 Å². The maximum absolute atomic E-state index is 5.14. The lowest BCUT2D eigenvalue weighted by Crippen LogP contribution is -1.97. The molecule has 3 heterocycles. The zero-order valence-corrected chi connectivity index (χ0v) is 25.0. The van der Waals surface area contributed by atoms with Gasteiger partial charge < -0.3 is 9.13 Å². The third-order valence-electron chi connectivity index (χ3n) is 8.78. The van der Waals surface area contributed by atoms with E-state index in [0.29, 0.717) is 5.82 Å². The Hall–Kier alpha value is -6.26. The van der Waals surface area contributed by atoms with Crippen LogP contribution in [0.2, 0.25) is 0 Å². The van der Waals surface area contributed by atoms with Gasteiger partial charge in [-0.05, 0) is 53.9 Å². The van der Waals surface area contributed by atoms with Crippen molar-refractivity contribution < 1.29 is 0 Å². The largest absolute Gasteiger partial charge is 0.316 e. The van der Waals surface area contributed by atoms with Crippen molar-refractivity contribution in [2.45, 2.75) is 0 Å². The van der Waals surface area contributed by atoms with Crippen LogP contribution in [0, 0.1) is 0 Å². The second-order valence-corrected chi connectivity index (χ2v) is 11.5. The fourth-order valence-corrected chi connectivity index (χ4v) is 6.63. The minimum atomic E-state index is 0.705. The van der Waals surface area contributed by atoms with Gasteiger partial charge in [-0.25, -0.2) is 9.97 Å². The van der Waals surface area contributed by atoms with Crippen molar-refractivity contribution >= 4 is 32.6 Å². The normalized spacial score (nSPS) is 11.5. The summed E-state index contributed by atoms with van der Waals surface area (Å²) >= 11 is 0. The molecule has 46 heavy (non-hydrogen) atoms. The Kier molecular flexibility index (Phi) is 6.10. The summed E-state index contributed by atoms with van der Waals surface area (Å²) in [5, 5.41) is 4.76. The molecule has 0 atom stereocenters. The van der Waals surface area contributed by atoms with E-state index in [-0.39, 0.29) is 0 Å². The topological polar surface area (TPSA) is 35.6 Å². The van der Waals surface area contributed by atoms with Crippen LogP contribution in [-0.4, -0.2) is 19.1 Å². The number of nitrogens with zero attached hydrogens (tertiary/aromatic N) is 4. The molecule has 0 spiro atoms. The van der Waals surface area contributed by atoms with Gasteiger partial charge in [-0.1, -0.05) is 109 Å². The van der Waals surface area contributed by atoms with Crippen LogP contribution in [0.4, 0.5) is 0 Å². The maximum Gasteiger partial charge on any atom is 0.160 e. The molecule has 4 heteroatoms. The summed E-state index contributed by atoms with van der Waals surface area (Å²) < 4.78 is 4.61. The van der Waals surface area contributed by atoms with Gasteiger partial charge >= 0.3 is 0 Å². The minimum Gasteiger partial charge on any atom is -0.316 e. The SMILES string of the molecule is c1ccc(-c2cc(-c3ccccc3)nc(-c3ccc4c(c3)c3ccn(-c5ccccc5)c3c3ccn(-c5ccccc5)c43)n2)cc1. The van der Waals surface area contributed by atoms with Crippen LogP contribution in [0.15, 0.2) is 170 Å². The summed E-state index contributed by atoms with van der Waals surface area (Å²) in [7, 11) is 0. The third kappa shape index (κ3) is 4.31. The molecular formula is C42H28N4. The van der Waals surface area contributed by atoms with E-state index in [0.717, 1.165) is 39.5 Å². The van der Waals surface area contributed by atoms with E-state index in [1.165, 1.54) is 32.6 Å². The van der Waals surface area contributed by atoms with Crippen molar-refractivity contribution in [3.05, 3.63) is 170 Å². The van der Waals surface area contributed by atoms with E-state index < -0.39 is 0 Å². The first kappa shape index (κ1) is 26.2. The highest BCUT2D eigenvalue weighted by atomic mass is 15.0. The summed E-state index contributed by atoms with van der Waals surface area (Å²) in [5.74, 6) is 0.705. The highest BCUT2D eigenvalue weighted by molar-refractivity contribution is 6.25. The first-order valence-electron chi connectivity index (χ1n) is 15.5. The van der Waals surface area contributed by atoms with Crippen LogP contribution in [0.25, 0.3) is 77.9 Å². The van der Waals surface area contributed by atoms with E-state index >= 15 is 0 Å². The van der Waals surface area contributed by atoms with E-state index in [1.807, 2.05) is 12.1 Å². The van der Waals surface area contributed by atoms with Crippen molar-refractivity contribution in [1.29, 1.82) is 0 Å². The lowest BCUT2D eigenvalue weighted by Gasteiger charge is -2.14. The standard InChI is InChI=1S/C42H28N4/c1-5-13-29(14-6-1)38-28-39(30-15-7-2-8-16-30)44-42(43-38)31-21-22-34-37(27-31)35-23-25-45(32-17-9-3-10-18-32)41(35)36-24-26-46(40(34)36)33-19-11-4-12-20-33/h1-28H. The molecule has 9 aromatic rings. The molecule has 0 amide bonds. The van der Waals surface area contributed by atoms with Crippen molar-refractivity contribution in [3.8, 4) is 45.3 Å². The van der Waals surface area contributed by atoms with Gasteiger partial charge in [0.1, 0.15) is 0 Å². The quantitative estimate of drug-likeness (QED) is 0.200. The smallest absolute Gasteiger partial charge is 0.160 e. The molecule has 0 fully saturated rings. The fraction of sp³-hybridized carbons (Fsp3) is 0. The highest BCUT2D eigenvalue weighted by Crippen LogP contribution is 2.40. The molecule has 9 rings (SSSR count). The summed E-state index contributed by atoms with van der Waals surface area (Å²) in [6.07, 6.45) is 4.37. The number of aromatic nitrogens is 4. The molecule has 0 saturated carbocycles. The molecule has 0 N–H and O–H groups in total. The molecule has 0 aliphatic heterocycles. The number of fused-ring (bicyclic) bond motifs is 6. The van der Waals surface area contributed by atoms with E-state index in [2.05, 4.69) is 167 Å². The summed E-state index contributed by atoms with van der Waals surface area (Å²) in [6.45, 7) is 0. The second-order valence-electron chi connectivity index (χ2n) is 11.5. The van der Waals surface area contributed by atoms with Gasteiger partial charge in [0.2, 0.25) is 0 Å². The molecule has 0 unspecified atom stereocenters. The molecule has 0 aliphatic rings. The minimum absolute atomic E-state index is 0.705. The van der Waals surface area contributed by atoms with Crippen molar-refractivity contribution in [2.24, 2.45) is 0 Å². The predicted molar refractivity (Wildman–Crippen MR) is 190 cm³/mol. The lowest BCUT2D eigenvalue weighted by atomic mass is 9.99. The summed E-state index contributed by atoms with van der Waals surface area (Å²) in [4.78, 5) is 10.3. The molecule has 0 aliphatic carbocycles. The first-order valence-corrected chi connectivity index (χ1v) is 15.5. The van der Waals surface area contributed by atoms with Gasteiger partial charge in [-0.2, -0.15) is 0 Å². The van der Waals surface area contributed by atoms with Crippen molar-refractivity contribution in [2.75, 3.05) is 0 Å². The number of rotatable bonds is 5. The van der Waals surface area contributed by atoms with Crippen molar-refractivity contribution in [1.82, 2.24) is 19.1 Å². The molecule has 216 valence electrons. The number of para-hydroxylation sites is 2. The van der Waals surface area contributed by atoms with E-state index in [4.69, 9.17) is 9.97 Å². The average Bonchev–Trinajstić information content (AvgIpc) is 3.79. The van der Waals surface area contributed by atoms with Crippen LogP contribution < -0.4 is 0 Å². The van der Waals surface area contributed by atoms with Crippen LogP contribution in [0.3, 0.4) is 0 Å². The van der Waals surface area contributed by atoms with Crippen LogP contribution in [0.5, 0.6) is 0 Å². The lowest BCUT2D eigenvalue weighted by molar-refractivity contribution is 1.13. The highest BCUT2D eigenvalue weighted by Gasteiger charge is 2.19. The predicted octanol–water partition coefficient (Wildman–Crippen LogP) is 10.5. The van der Waals surface area contributed by atoms with Gasteiger partial charge in [0.25, 0.3) is 0 Å². The Morgan fingerprint density at radius 3 is 1.33 bits per heavy atom. The molecule has 6 aromatic carbocycles. The van der Waals surface area contributed by atoms with E-state index in [1.54, 1.807) is 0 Å². The Balaban J connectivity index is 1.34. The maximum atomic E-state index is 5.14. The third-order valence-corrected chi connectivity index (χ3v) is 8.78. The Bertz CT molecular complexity index is 2440. The summed E-state index contributed by atoms with van der Waals surface area (Å²) in [6, 6.07) is 55.1. The molecule has 0 radical (unpaired) electrons. The number of hydrogen-bond donors (Lipinski definition) is 0. The van der Waals surface area contributed by atoms with Crippen LogP contribution >= 0.6 is 0 Å². The molecule has 0 saturated heterocycles. The fourth-order valence-electron chi connectivity index (χ4n) is 6.63. The van der Waals surface area contributed by atoms with Gasteiger partial charge in [0.05, 0.1) is 22.4 Å². The van der Waals surface area contributed by atoms with Crippen molar-refractivity contribution in [3.63, 3.8) is 0 Å². The summed E-state index contributed by atoms with van der Waals surface area (Å²) in [5.41, 5.74) is 9.54. The van der Waals surface area contributed by atoms with Gasteiger partial charge in [0, 0.05) is 56.6 Å². The Morgan fingerprint density at radius 1 is 0.348 bits per heavy atom. The molecule has 4 nitrogen and oxygen atoms in total. The molecule has 0 bridgehead atoms. The second kappa shape index (κ2) is 10.7. The molecule has 3 aromatic heterocycles. The van der Waals surface area contributed by atoms with Gasteiger partial charge in [-0.15, -0.1) is 0 Å². The van der Waals surface area contributed by atoms with Gasteiger partial charge in [-0.3, -0.25) is 0 Å². The number of benzene rings is 6. The monoisotopic (exact) mass is 588 g/mol. The first-order chi connectivity index (χ1) is 22.8. The van der Waals surface area contributed by atoms with Crippen LogP contribution in [0.1, 0.15) is 0 Å². The van der Waals surface area contributed by atoms with Crippen LogP contribution in [-0.2, 0) is 0 Å². The zero-order chi connectivity index (χ0) is 30.5. The van der Waals surface area contributed by atoms with E-state index in [9.17, 15) is 0 Å². The Morgan fingerprint density at radius 2 is 0.804 bits per heavy atom.